The maximum atomic E-state index is 11.4. The van der Waals surface area contributed by atoms with Crippen molar-refractivity contribution in [2.75, 3.05) is 12.4 Å². The number of alkyl carbamates (subject to hydrolysis) is 1. The highest BCUT2D eigenvalue weighted by molar-refractivity contribution is 7.99. The molecule has 0 aliphatic carbocycles. The van der Waals surface area contributed by atoms with Crippen molar-refractivity contribution in [1.29, 1.82) is 0 Å². The summed E-state index contributed by atoms with van der Waals surface area (Å²) in [5.74, 6) is 0.992. The maximum absolute atomic E-state index is 11.4. The van der Waals surface area contributed by atoms with Crippen LogP contribution in [-0.4, -0.2) is 18.5 Å². The molecule has 0 aromatic heterocycles. The van der Waals surface area contributed by atoms with E-state index in [9.17, 15) is 4.79 Å². The van der Waals surface area contributed by atoms with Crippen LogP contribution in [0, 0.1) is 0 Å². The Balaban J connectivity index is 2.16. The average molecular weight is 272 g/mol. The van der Waals surface area contributed by atoms with Crippen LogP contribution in [0.15, 0.2) is 23.1 Å². The number of hydrogen-bond acceptors (Lipinski definition) is 3. The molecule has 0 spiro atoms. The quantitative estimate of drug-likeness (QED) is 0.893. The number of ether oxygens (including phenoxy) is 1. The van der Waals surface area contributed by atoms with E-state index in [0.29, 0.717) is 11.6 Å². The molecular weight excluding hydrogens is 258 g/mol. The minimum absolute atomic E-state index is 0.00370. The summed E-state index contributed by atoms with van der Waals surface area (Å²) >= 11 is 7.78. The van der Waals surface area contributed by atoms with Gasteiger partial charge in [-0.3, -0.25) is 0 Å². The number of nitrogens with one attached hydrogen (secondary N) is 1. The Kier molecular flexibility index (Phi) is 4.18. The third kappa shape index (κ3) is 3.07. The smallest absolute Gasteiger partial charge is 0.407 e. The Labute approximate surface area is 110 Å². The van der Waals surface area contributed by atoms with Gasteiger partial charge in [0, 0.05) is 15.7 Å². The predicted molar refractivity (Wildman–Crippen MR) is 69.7 cm³/mol. The van der Waals surface area contributed by atoms with Gasteiger partial charge in [0.25, 0.3) is 0 Å². The second-order valence-electron chi connectivity index (χ2n) is 3.74. The van der Waals surface area contributed by atoms with E-state index in [1.54, 1.807) is 18.7 Å². The van der Waals surface area contributed by atoms with Gasteiger partial charge in [0.05, 0.1) is 12.6 Å². The fourth-order valence-electron chi connectivity index (χ4n) is 1.83. The molecule has 1 amide bonds. The van der Waals surface area contributed by atoms with Gasteiger partial charge in [-0.15, -0.1) is 11.8 Å². The topological polar surface area (TPSA) is 38.3 Å². The molecule has 0 radical (unpaired) electrons. The molecule has 17 heavy (non-hydrogen) atoms. The number of fused-ring (bicyclic) bond motifs is 1. The van der Waals surface area contributed by atoms with Gasteiger partial charge in [0.1, 0.15) is 0 Å². The van der Waals surface area contributed by atoms with E-state index < -0.39 is 0 Å². The highest BCUT2D eigenvalue weighted by Crippen LogP contribution is 2.37. The van der Waals surface area contributed by atoms with Crippen LogP contribution < -0.4 is 5.32 Å². The summed E-state index contributed by atoms with van der Waals surface area (Å²) in [5.41, 5.74) is 1.09. The molecule has 1 aromatic rings. The van der Waals surface area contributed by atoms with E-state index >= 15 is 0 Å². The zero-order valence-corrected chi connectivity index (χ0v) is 11.1. The number of halogens is 1. The zero-order valence-electron chi connectivity index (χ0n) is 9.53. The van der Waals surface area contributed by atoms with Crippen LogP contribution in [0.1, 0.15) is 24.9 Å². The standard InChI is InChI=1S/C12H14ClNO2S/c1-2-16-12(15)14-10-5-6-17-11-4-3-8(13)7-9(10)11/h3-4,7,10H,2,5-6H2,1H3,(H,14,15). The van der Waals surface area contributed by atoms with E-state index in [4.69, 9.17) is 16.3 Å². The van der Waals surface area contributed by atoms with Gasteiger partial charge in [-0.1, -0.05) is 11.6 Å². The summed E-state index contributed by atoms with van der Waals surface area (Å²) in [6.45, 7) is 2.18. The van der Waals surface area contributed by atoms with Crippen LogP contribution >= 0.6 is 23.4 Å². The van der Waals surface area contributed by atoms with Crippen LogP contribution in [0.3, 0.4) is 0 Å². The maximum Gasteiger partial charge on any atom is 0.407 e. The highest BCUT2D eigenvalue weighted by Gasteiger charge is 2.22. The van der Waals surface area contributed by atoms with Crippen LogP contribution in [-0.2, 0) is 4.74 Å². The molecule has 0 fully saturated rings. The van der Waals surface area contributed by atoms with Gasteiger partial charge < -0.3 is 10.1 Å². The molecule has 1 aromatic carbocycles. The summed E-state index contributed by atoms with van der Waals surface area (Å²) < 4.78 is 4.90. The molecule has 0 saturated heterocycles. The molecule has 5 heteroatoms. The number of carbonyl (C=O) groups is 1. The molecule has 0 bridgehead atoms. The lowest BCUT2D eigenvalue weighted by Gasteiger charge is -2.25. The molecule has 2 rings (SSSR count). The first-order valence-corrected chi connectivity index (χ1v) is 6.92. The van der Waals surface area contributed by atoms with Gasteiger partial charge in [-0.2, -0.15) is 0 Å². The Morgan fingerprint density at radius 2 is 2.47 bits per heavy atom. The molecular formula is C12H14ClNO2S. The van der Waals surface area contributed by atoms with Gasteiger partial charge in [0.2, 0.25) is 0 Å². The van der Waals surface area contributed by atoms with E-state index in [2.05, 4.69) is 5.32 Å². The number of carbonyl (C=O) groups excluding carboxylic acids is 1. The third-order valence-electron chi connectivity index (χ3n) is 2.58. The van der Waals surface area contributed by atoms with E-state index in [0.717, 1.165) is 17.7 Å². The summed E-state index contributed by atoms with van der Waals surface area (Å²) in [5, 5.41) is 3.57. The van der Waals surface area contributed by atoms with Crippen molar-refractivity contribution in [3.8, 4) is 0 Å². The largest absolute Gasteiger partial charge is 0.450 e. The number of rotatable bonds is 2. The van der Waals surface area contributed by atoms with Crippen molar-refractivity contribution in [3.05, 3.63) is 28.8 Å². The molecule has 1 atom stereocenters. The summed E-state index contributed by atoms with van der Waals surface area (Å²) in [6, 6.07) is 5.80. The monoisotopic (exact) mass is 271 g/mol. The van der Waals surface area contributed by atoms with Crippen molar-refractivity contribution >= 4 is 29.5 Å². The molecule has 92 valence electrons. The van der Waals surface area contributed by atoms with E-state index in [-0.39, 0.29) is 12.1 Å². The molecule has 1 unspecified atom stereocenters. The zero-order chi connectivity index (χ0) is 12.3. The van der Waals surface area contributed by atoms with Crippen LogP contribution in [0.25, 0.3) is 0 Å². The molecule has 1 aliphatic rings. The third-order valence-corrected chi connectivity index (χ3v) is 3.94. The second-order valence-corrected chi connectivity index (χ2v) is 5.31. The fraction of sp³-hybridized carbons (Fsp3) is 0.417. The second kappa shape index (κ2) is 5.65. The first-order chi connectivity index (χ1) is 8.20. The van der Waals surface area contributed by atoms with Crippen LogP contribution in [0.4, 0.5) is 4.79 Å². The molecule has 0 saturated carbocycles. The Morgan fingerprint density at radius 3 is 3.24 bits per heavy atom. The molecule has 1 heterocycles. The van der Waals surface area contributed by atoms with Gasteiger partial charge in [-0.25, -0.2) is 4.79 Å². The van der Waals surface area contributed by atoms with E-state index in [1.165, 1.54) is 4.90 Å². The van der Waals surface area contributed by atoms with Crippen molar-refractivity contribution in [2.24, 2.45) is 0 Å². The number of hydrogen-bond donors (Lipinski definition) is 1. The van der Waals surface area contributed by atoms with Crippen LogP contribution in [0.2, 0.25) is 5.02 Å². The van der Waals surface area contributed by atoms with E-state index in [1.807, 2.05) is 18.2 Å². The fourth-order valence-corrected chi connectivity index (χ4v) is 3.12. The summed E-state index contributed by atoms with van der Waals surface area (Å²) in [7, 11) is 0. The van der Waals surface area contributed by atoms with Crippen molar-refractivity contribution < 1.29 is 9.53 Å². The molecule has 1 N–H and O–H groups in total. The Morgan fingerprint density at radius 1 is 1.65 bits per heavy atom. The number of amides is 1. The number of thioether (sulfide) groups is 1. The van der Waals surface area contributed by atoms with Gasteiger partial charge >= 0.3 is 6.09 Å². The van der Waals surface area contributed by atoms with Gasteiger partial charge in [0.15, 0.2) is 0 Å². The Hall–Kier alpha value is -0.870. The Bertz CT molecular complexity index is 425. The van der Waals surface area contributed by atoms with Gasteiger partial charge in [-0.05, 0) is 37.1 Å². The number of benzene rings is 1. The first kappa shape index (κ1) is 12.6. The molecule has 3 nitrogen and oxygen atoms in total. The van der Waals surface area contributed by atoms with Crippen LogP contribution in [0.5, 0.6) is 0 Å². The first-order valence-electron chi connectivity index (χ1n) is 5.56. The lowest BCUT2D eigenvalue weighted by atomic mass is 10.0. The minimum Gasteiger partial charge on any atom is -0.450 e. The predicted octanol–water partition coefficient (Wildman–Crippen LogP) is 3.62. The highest BCUT2D eigenvalue weighted by atomic mass is 35.5. The summed E-state index contributed by atoms with van der Waals surface area (Å²) in [6.07, 6.45) is 0.534. The summed E-state index contributed by atoms with van der Waals surface area (Å²) in [4.78, 5) is 12.6. The minimum atomic E-state index is -0.365. The SMILES string of the molecule is CCOC(=O)NC1CCSc2ccc(Cl)cc21. The normalized spacial score (nSPS) is 18.4. The average Bonchev–Trinajstić information content (AvgIpc) is 2.30. The van der Waals surface area contributed by atoms with Crippen molar-refractivity contribution in [1.82, 2.24) is 5.32 Å². The molecule has 1 aliphatic heterocycles. The van der Waals surface area contributed by atoms with Crippen molar-refractivity contribution in [2.45, 2.75) is 24.3 Å². The lowest BCUT2D eigenvalue weighted by Crippen LogP contribution is -2.31. The van der Waals surface area contributed by atoms with Crippen molar-refractivity contribution in [3.63, 3.8) is 0 Å². The lowest BCUT2D eigenvalue weighted by molar-refractivity contribution is 0.147.